The summed E-state index contributed by atoms with van der Waals surface area (Å²) in [5.74, 6) is -0.223. The molecular weight excluding hydrogens is 482 g/mol. The molecule has 37 heavy (non-hydrogen) atoms. The van der Waals surface area contributed by atoms with Gasteiger partial charge >= 0.3 is 0 Å². The van der Waals surface area contributed by atoms with Crippen molar-refractivity contribution in [3.05, 3.63) is 124 Å². The SMILES string of the molecule is Cc1cc(C)c(N(Cc2ccc(C(=O)Nc3ccc(Cc4ccncc4)cc3)cc2)S(C)(=O)=O)c(C)c1. The monoisotopic (exact) mass is 513 g/mol. The Morgan fingerprint density at radius 2 is 1.35 bits per heavy atom. The summed E-state index contributed by atoms with van der Waals surface area (Å²) in [6.45, 7) is 6.03. The molecule has 0 aliphatic heterocycles. The highest BCUT2D eigenvalue weighted by atomic mass is 32.2. The number of benzene rings is 3. The summed E-state index contributed by atoms with van der Waals surface area (Å²) in [5.41, 5.74) is 7.92. The van der Waals surface area contributed by atoms with Gasteiger partial charge < -0.3 is 5.32 Å². The summed E-state index contributed by atoms with van der Waals surface area (Å²) in [5, 5.41) is 2.92. The van der Waals surface area contributed by atoms with Gasteiger partial charge in [-0.2, -0.15) is 0 Å². The van der Waals surface area contributed by atoms with Crippen molar-refractivity contribution in [2.24, 2.45) is 0 Å². The highest BCUT2D eigenvalue weighted by Gasteiger charge is 2.22. The minimum atomic E-state index is -3.51. The normalized spacial score (nSPS) is 11.2. The molecule has 7 heteroatoms. The molecule has 0 saturated heterocycles. The van der Waals surface area contributed by atoms with Crippen LogP contribution >= 0.6 is 0 Å². The second kappa shape index (κ2) is 11.0. The standard InChI is InChI=1S/C30H31N3O3S/c1-21-17-22(2)29(23(3)18-21)33(37(4,35)36)20-26-5-9-27(10-6-26)30(34)32-28-11-7-24(8-12-28)19-25-13-15-31-16-14-25/h5-18H,19-20H2,1-4H3,(H,32,34). The van der Waals surface area contributed by atoms with Crippen LogP contribution in [0.4, 0.5) is 11.4 Å². The maximum atomic E-state index is 12.8. The molecule has 1 heterocycles. The largest absolute Gasteiger partial charge is 0.322 e. The molecule has 0 spiro atoms. The third-order valence-corrected chi connectivity index (χ3v) is 7.31. The quantitative estimate of drug-likeness (QED) is 0.322. The molecule has 4 rings (SSSR count). The first-order valence-corrected chi connectivity index (χ1v) is 13.9. The molecule has 0 bridgehead atoms. The summed E-state index contributed by atoms with van der Waals surface area (Å²) in [6.07, 6.45) is 5.57. The Kier molecular flexibility index (Phi) is 7.74. The Morgan fingerprint density at radius 3 is 1.92 bits per heavy atom. The Balaban J connectivity index is 1.45. The fourth-order valence-electron chi connectivity index (χ4n) is 4.50. The van der Waals surface area contributed by atoms with Crippen molar-refractivity contribution in [3.63, 3.8) is 0 Å². The second-order valence-corrected chi connectivity index (χ2v) is 11.3. The molecule has 1 N–H and O–H groups in total. The van der Waals surface area contributed by atoms with Crippen LogP contribution < -0.4 is 9.62 Å². The van der Waals surface area contributed by atoms with Gasteiger partial charge in [0.15, 0.2) is 0 Å². The highest BCUT2D eigenvalue weighted by molar-refractivity contribution is 7.92. The van der Waals surface area contributed by atoms with Gasteiger partial charge in [0.25, 0.3) is 5.91 Å². The molecule has 0 unspecified atom stereocenters. The number of aryl methyl sites for hydroxylation is 3. The van der Waals surface area contributed by atoms with Crippen LogP contribution in [0, 0.1) is 20.8 Å². The summed E-state index contributed by atoms with van der Waals surface area (Å²) in [6, 6.07) is 22.7. The molecule has 1 amide bonds. The van der Waals surface area contributed by atoms with E-state index in [0.717, 1.165) is 34.2 Å². The molecule has 3 aromatic carbocycles. The van der Waals surface area contributed by atoms with Crippen molar-refractivity contribution in [1.29, 1.82) is 0 Å². The van der Waals surface area contributed by atoms with E-state index in [9.17, 15) is 13.2 Å². The lowest BCUT2D eigenvalue weighted by Crippen LogP contribution is -2.30. The Bertz CT molecular complexity index is 1480. The van der Waals surface area contributed by atoms with Crippen LogP contribution in [0.15, 0.2) is 85.2 Å². The van der Waals surface area contributed by atoms with Gasteiger partial charge in [-0.3, -0.25) is 14.1 Å². The van der Waals surface area contributed by atoms with Gasteiger partial charge in [-0.25, -0.2) is 8.42 Å². The molecule has 0 atom stereocenters. The van der Waals surface area contributed by atoms with E-state index in [4.69, 9.17) is 0 Å². The van der Waals surface area contributed by atoms with Crippen molar-refractivity contribution in [1.82, 2.24) is 4.98 Å². The molecule has 1 aromatic heterocycles. The van der Waals surface area contributed by atoms with E-state index in [2.05, 4.69) is 10.3 Å². The molecule has 0 radical (unpaired) electrons. The zero-order valence-corrected chi connectivity index (χ0v) is 22.3. The summed E-state index contributed by atoms with van der Waals surface area (Å²) in [7, 11) is -3.51. The van der Waals surface area contributed by atoms with E-state index in [1.165, 1.54) is 16.1 Å². The predicted molar refractivity (Wildman–Crippen MR) is 150 cm³/mol. The third-order valence-electron chi connectivity index (χ3n) is 6.20. The number of amides is 1. The van der Waals surface area contributed by atoms with Crippen molar-refractivity contribution in [2.75, 3.05) is 15.9 Å². The summed E-state index contributed by atoms with van der Waals surface area (Å²) in [4.78, 5) is 16.8. The zero-order valence-electron chi connectivity index (χ0n) is 21.5. The van der Waals surface area contributed by atoms with E-state index in [1.54, 1.807) is 36.7 Å². The van der Waals surface area contributed by atoms with E-state index in [1.807, 2.05) is 69.3 Å². The molecule has 6 nitrogen and oxygen atoms in total. The minimum absolute atomic E-state index is 0.185. The number of rotatable bonds is 8. The number of anilines is 2. The maximum Gasteiger partial charge on any atom is 0.255 e. The summed E-state index contributed by atoms with van der Waals surface area (Å²) < 4.78 is 26.8. The van der Waals surface area contributed by atoms with Crippen molar-refractivity contribution >= 4 is 27.3 Å². The molecule has 0 fully saturated rings. The first-order valence-electron chi connectivity index (χ1n) is 12.0. The van der Waals surface area contributed by atoms with E-state index >= 15 is 0 Å². The van der Waals surface area contributed by atoms with E-state index in [-0.39, 0.29) is 12.5 Å². The number of hydrogen-bond donors (Lipinski definition) is 1. The lowest BCUT2D eigenvalue weighted by Gasteiger charge is -2.26. The molecule has 190 valence electrons. The number of nitrogens with one attached hydrogen (secondary N) is 1. The van der Waals surface area contributed by atoms with Crippen LogP contribution in [0.25, 0.3) is 0 Å². The Morgan fingerprint density at radius 1 is 0.811 bits per heavy atom. The second-order valence-electron chi connectivity index (χ2n) is 9.40. The molecule has 0 aliphatic rings. The fourth-order valence-corrected chi connectivity index (χ4v) is 5.50. The minimum Gasteiger partial charge on any atom is -0.322 e. The van der Waals surface area contributed by atoms with Gasteiger partial charge in [0.2, 0.25) is 10.0 Å². The van der Waals surface area contributed by atoms with Crippen LogP contribution in [-0.4, -0.2) is 25.6 Å². The topological polar surface area (TPSA) is 79.4 Å². The van der Waals surface area contributed by atoms with E-state index in [0.29, 0.717) is 16.9 Å². The van der Waals surface area contributed by atoms with Gasteiger partial charge in [-0.05, 0) is 91.4 Å². The average molecular weight is 514 g/mol. The maximum absolute atomic E-state index is 12.8. The third kappa shape index (κ3) is 6.62. The van der Waals surface area contributed by atoms with Crippen LogP contribution in [0.2, 0.25) is 0 Å². The van der Waals surface area contributed by atoms with E-state index < -0.39 is 10.0 Å². The van der Waals surface area contributed by atoms with Crippen LogP contribution in [0.3, 0.4) is 0 Å². The lowest BCUT2D eigenvalue weighted by molar-refractivity contribution is 0.102. The average Bonchev–Trinajstić information content (AvgIpc) is 2.84. The zero-order chi connectivity index (χ0) is 26.6. The molecule has 0 saturated carbocycles. The smallest absolute Gasteiger partial charge is 0.255 e. The number of sulfonamides is 1. The van der Waals surface area contributed by atoms with Gasteiger partial charge in [-0.1, -0.05) is 42.0 Å². The lowest BCUT2D eigenvalue weighted by atomic mass is 10.0. The van der Waals surface area contributed by atoms with Gasteiger partial charge in [0.05, 0.1) is 18.5 Å². The summed E-state index contributed by atoms with van der Waals surface area (Å²) >= 11 is 0. The van der Waals surface area contributed by atoms with Crippen LogP contribution in [0.1, 0.15) is 43.7 Å². The van der Waals surface area contributed by atoms with Crippen LogP contribution in [-0.2, 0) is 23.0 Å². The first kappa shape index (κ1) is 26.1. The number of nitrogens with zero attached hydrogens (tertiary/aromatic N) is 2. The van der Waals surface area contributed by atoms with Crippen LogP contribution in [0.5, 0.6) is 0 Å². The van der Waals surface area contributed by atoms with Gasteiger partial charge in [-0.15, -0.1) is 0 Å². The number of hydrogen-bond acceptors (Lipinski definition) is 4. The number of carbonyl (C=O) groups is 1. The van der Waals surface area contributed by atoms with Crippen molar-refractivity contribution in [2.45, 2.75) is 33.7 Å². The number of aromatic nitrogens is 1. The van der Waals surface area contributed by atoms with Gasteiger partial charge in [0.1, 0.15) is 0 Å². The Labute approximate surface area is 219 Å². The molecule has 0 aliphatic carbocycles. The Hall–Kier alpha value is -3.97. The van der Waals surface area contributed by atoms with Crippen molar-refractivity contribution < 1.29 is 13.2 Å². The van der Waals surface area contributed by atoms with Gasteiger partial charge in [0, 0.05) is 23.6 Å². The predicted octanol–water partition coefficient (Wildman–Crippen LogP) is 5.82. The molecular formula is C30H31N3O3S. The van der Waals surface area contributed by atoms with Crippen molar-refractivity contribution in [3.8, 4) is 0 Å². The first-order chi connectivity index (χ1) is 17.6. The highest BCUT2D eigenvalue weighted by Crippen LogP contribution is 2.30. The fraction of sp³-hybridized carbons (Fsp3) is 0.200. The number of pyridine rings is 1. The number of carbonyl (C=O) groups excluding carboxylic acids is 1. The molecule has 4 aromatic rings.